The standard InChI is InChI=1S/C10H10F2O2/c1-6(14-2)10(13)7-3-8(11)5-9(12)4-7/h3-6H,1-2H3. The Hall–Kier alpha value is -1.29. The summed E-state index contributed by atoms with van der Waals surface area (Å²) in [6.45, 7) is 1.52. The van der Waals surface area contributed by atoms with Gasteiger partial charge >= 0.3 is 0 Å². The molecule has 1 aromatic carbocycles. The van der Waals surface area contributed by atoms with Crippen molar-refractivity contribution in [3.63, 3.8) is 0 Å². The molecule has 0 aromatic heterocycles. The molecule has 14 heavy (non-hydrogen) atoms. The average Bonchev–Trinajstić information content (AvgIpc) is 2.14. The Labute approximate surface area is 80.5 Å². The first-order chi connectivity index (χ1) is 6.54. The zero-order valence-electron chi connectivity index (χ0n) is 7.88. The average molecular weight is 200 g/mol. The largest absolute Gasteiger partial charge is 0.374 e. The van der Waals surface area contributed by atoms with Crippen molar-refractivity contribution in [2.24, 2.45) is 0 Å². The van der Waals surface area contributed by atoms with E-state index in [0.29, 0.717) is 6.07 Å². The Morgan fingerprint density at radius 2 is 1.79 bits per heavy atom. The van der Waals surface area contributed by atoms with Crippen molar-refractivity contribution in [3.8, 4) is 0 Å². The van der Waals surface area contributed by atoms with Gasteiger partial charge in [0.1, 0.15) is 17.7 Å². The molecule has 1 atom stereocenters. The number of ketones is 1. The molecule has 1 aromatic rings. The molecule has 0 aliphatic heterocycles. The van der Waals surface area contributed by atoms with Gasteiger partial charge < -0.3 is 4.74 Å². The number of benzene rings is 1. The highest BCUT2D eigenvalue weighted by Crippen LogP contribution is 2.11. The van der Waals surface area contributed by atoms with Crippen LogP contribution in [-0.4, -0.2) is 19.0 Å². The van der Waals surface area contributed by atoms with E-state index in [0.717, 1.165) is 12.1 Å². The van der Waals surface area contributed by atoms with Gasteiger partial charge in [-0.15, -0.1) is 0 Å². The molecule has 0 radical (unpaired) electrons. The van der Waals surface area contributed by atoms with E-state index in [9.17, 15) is 13.6 Å². The van der Waals surface area contributed by atoms with Crippen LogP contribution in [0.1, 0.15) is 17.3 Å². The Balaban J connectivity index is 3.01. The van der Waals surface area contributed by atoms with Gasteiger partial charge in [-0.3, -0.25) is 4.79 Å². The minimum atomic E-state index is -0.767. The minimum Gasteiger partial charge on any atom is -0.374 e. The topological polar surface area (TPSA) is 26.3 Å². The van der Waals surface area contributed by atoms with Gasteiger partial charge in [0.15, 0.2) is 5.78 Å². The number of rotatable bonds is 3. The van der Waals surface area contributed by atoms with Crippen molar-refractivity contribution in [1.29, 1.82) is 0 Å². The van der Waals surface area contributed by atoms with Gasteiger partial charge in [-0.1, -0.05) is 0 Å². The lowest BCUT2D eigenvalue weighted by atomic mass is 10.1. The van der Waals surface area contributed by atoms with E-state index in [-0.39, 0.29) is 5.56 Å². The van der Waals surface area contributed by atoms with Crippen molar-refractivity contribution in [2.75, 3.05) is 7.11 Å². The minimum absolute atomic E-state index is 0.0168. The second kappa shape index (κ2) is 4.28. The van der Waals surface area contributed by atoms with Crippen LogP contribution in [0.25, 0.3) is 0 Å². The van der Waals surface area contributed by atoms with Crippen LogP contribution in [0.4, 0.5) is 8.78 Å². The first-order valence-electron chi connectivity index (χ1n) is 4.07. The van der Waals surface area contributed by atoms with E-state index in [1.54, 1.807) is 0 Å². The maximum absolute atomic E-state index is 12.7. The molecule has 76 valence electrons. The smallest absolute Gasteiger partial charge is 0.191 e. The van der Waals surface area contributed by atoms with Crippen LogP contribution >= 0.6 is 0 Å². The Morgan fingerprint density at radius 3 is 2.21 bits per heavy atom. The van der Waals surface area contributed by atoms with Gasteiger partial charge in [-0.05, 0) is 19.1 Å². The summed E-state index contributed by atoms with van der Waals surface area (Å²) in [6.07, 6.45) is -0.698. The number of ether oxygens (including phenoxy) is 1. The van der Waals surface area contributed by atoms with E-state index in [1.165, 1.54) is 14.0 Å². The molecule has 0 N–H and O–H groups in total. The Morgan fingerprint density at radius 1 is 1.29 bits per heavy atom. The maximum Gasteiger partial charge on any atom is 0.191 e. The monoisotopic (exact) mass is 200 g/mol. The van der Waals surface area contributed by atoms with Gasteiger partial charge in [-0.2, -0.15) is 0 Å². The number of hydrogen-bond acceptors (Lipinski definition) is 2. The SMILES string of the molecule is COC(C)C(=O)c1cc(F)cc(F)c1. The summed E-state index contributed by atoms with van der Waals surface area (Å²) in [7, 11) is 1.36. The van der Waals surface area contributed by atoms with Crippen LogP contribution in [-0.2, 0) is 4.74 Å². The van der Waals surface area contributed by atoms with Gasteiger partial charge in [0.25, 0.3) is 0 Å². The summed E-state index contributed by atoms with van der Waals surface area (Å²) in [5, 5.41) is 0. The molecule has 1 unspecified atom stereocenters. The molecule has 4 heteroatoms. The van der Waals surface area contributed by atoms with Gasteiger partial charge in [0, 0.05) is 18.7 Å². The fourth-order valence-corrected chi connectivity index (χ4v) is 1.04. The van der Waals surface area contributed by atoms with Crippen LogP contribution in [0.15, 0.2) is 18.2 Å². The van der Waals surface area contributed by atoms with E-state index >= 15 is 0 Å². The van der Waals surface area contributed by atoms with E-state index in [2.05, 4.69) is 0 Å². The zero-order valence-corrected chi connectivity index (χ0v) is 7.88. The molecule has 0 bridgehead atoms. The third-order valence-electron chi connectivity index (χ3n) is 1.87. The molecule has 0 heterocycles. The molecule has 0 saturated heterocycles. The third kappa shape index (κ3) is 2.35. The zero-order chi connectivity index (χ0) is 10.7. The number of carbonyl (C=O) groups excluding carboxylic acids is 1. The molecule has 0 saturated carbocycles. The van der Waals surface area contributed by atoms with Gasteiger partial charge in [-0.25, -0.2) is 8.78 Å². The first kappa shape index (κ1) is 10.8. The van der Waals surface area contributed by atoms with Crippen LogP contribution in [0.3, 0.4) is 0 Å². The van der Waals surface area contributed by atoms with E-state index < -0.39 is 23.5 Å². The number of carbonyl (C=O) groups is 1. The summed E-state index contributed by atoms with van der Waals surface area (Å²) in [6, 6.07) is 2.69. The normalized spacial score (nSPS) is 12.6. The van der Waals surface area contributed by atoms with Crippen LogP contribution in [0.2, 0.25) is 0 Å². The van der Waals surface area contributed by atoms with Gasteiger partial charge in [0.2, 0.25) is 0 Å². The summed E-state index contributed by atoms with van der Waals surface area (Å²) in [5.74, 6) is -1.97. The summed E-state index contributed by atoms with van der Waals surface area (Å²) < 4.78 is 30.2. The molecule has 0 aliphatic rings. The molecule has 0 fully saturated rings. The number of hydrogen-bond donors (Lipinski definition) is 0. The fourth-order valence-electron chi connectivity index (χ4n) is 1.04. The predicted molar refractivity (Wildman–Crippen MR) is 47.2 cm³/mol. The van der Waals surface area contributed by atoms with Crippen molar-refractivity contribution < 1.29 is 18.3 Å². The maximum atomic E-state index is 12.7. The Kier molecular flexibility index (Phi) is 3.30. The van der Waals surface area contributed by atoms with Gasteiger partial charge in [0.05, 0.1) is 0 Å². The highest BCUT2D eigenvalue weighted by atomic mass is 19.1. The second-order valence-corrected chi connectivity index (χ2v) is 2.90. The Bertz CT molecular complexity index is 330. The first-order valence-corrected chi connectivity index (χ1v) is 4.07. The molecule has 0 spiro atoms. The lowest BCUT2D eigenvalue weighted by Gasteiger charge is -2.07. The lowest BCUT2D eigenvalue weighted by molar-refractivity contribution is 0.0655. The lowest BCUT2D eigenvalue weighted by Crippen LogP contribution is -2.19. The molecular weight excluding hydrogens is 190 g/mol. The quantitative estimate of drug-likeness (QED) is 0.699. The van der Waals surface area contributed by atoms with E-state index in [4.69, 9.17) is 4.74 Å². The predicted octanol–water partition coefficient (Wildman–Crippen LogP) is 2.18. The summed E-state index contributed by atoms with van der Waals surface area (Å²) in [5.41, 5.74) is -0.0168. The van der Waals surface area contributed by atoms with Crippen LogP contribution < -0.4 is 0 Å². The summed E-state index contributed by atoms with van der Waals surface area (Å²) >= 11 is 0. The van der Waals surface area contributed by atoms with Crippen molar-refractivity contribution in [3.05, 3.63) is 35.4 Å². The van der Waals surface area contributed by atoms with E-state index in [1.807, 2.05) is 0 Å². The van der Waals surface area contributed by atoms with Crippen molar-refractivity contribution in [1.82, 2.24) is 0 Å². The highest BCUT2D eigenvalue weighted by molar-refractivity contribution is 5.99. The van der Waals surface area contributed by atoms with Crippen LogP contribution in [0, 0.1) is 11.6 Å². The number of halogens is 2. The van der Waals surface area contributed by atoms with Crippen molar-refractivity contribution in [2.45, 2.75) is 13.0 Å². The van der Waals surface area contributed by atoms with Crippen LogP contribution in [0.5, 0.6) is 0 Å². The number of Topliss-reactive ketones (excluding diaryl/α,β-unsaturated/α-hetero) is 1. The van der Waals surface area contributed by atoms with Crippen molar-refractivity contribution >= 4 is 5.78 Å². The number of methoxy groups -OCH3 is 1. The second-order valence-electron chi connectivity index (χ2n) is 2.90. The molecule has 0 aliphatic carbocycles. The molecule has 2 nitrogen and oxygen atoms in total. The summed E-state index contributed by atoms with van der Waals surface area (Å²) in [4.78, 5) is 11.4. The molecular formula is C10H10F2O2. The third-order valence-corrected chi connectivity index (χ3v) is 1.87. The fraction of sp³-hybridized carbons (Fsp3) is 0.300. The molecule has 0 amide bonds. The highest BCUT2D eigenvalue weighted by Gasteiger charge is 2.15. The molecule has 1 rings (SSSR count).